The number of carboxylic acid groups (broad SMARTS) is 1. The molecular formula is C15H13N5O6S2. The molecule has 0 radical (unpaired) electrons. The van der Waals surface area contributed by atoms with Crippen LogP contribution in [0.1, 0.15) is 5.69 Å². The van der Waals surface area contributed by atoms with Gasteiger partial charge in [-0.05, 0) is 0 Å². The first-order valence-electron chi connectivity index (χ1n) is 7.56. The molecule has 1 unspecified atom stereocenters. The van der Waals surface area contributed by atoms with E-state index in [0.717, 1.165) is 16.2 Å². The van der Waals surface area contributed by atoms with Crippen molar-refractivity contribution in [1.29, 1.82) is 0 Å². The molecule has 3 heterocycles. The van der Waals surface area contributed by atoms with Crippen molar-refractivity contribution in [2.75, 3.05) is 18.6 Å². The summed E-state index contributed by atoms with van der Waals surface area (Å²) in [5.41, 5.74) is 5.86. The fourth-order valence-electron chi connectivity index (χ4n) is 2.56. The lowest BCUT2D eigenvalue weighted by Gasteiger charge is -2.48. The molecule has 2 amide bonds. The van der Waals surface area contributed by atoms with Crippen LogP contribution in [0.3, 0.4) is 0 Å². The first-order valence-corrected chi connectivity index (χ1v) is 9.48. The fraction of sp³-hybridized carbons (Fsp3) is 0.267. The molecule has 1 aromatic rings. The van der Waals surface area contributed by atoms with E-state index in [2.05, 4.69) is 31.0 Å². The van der Waals surface area contributed by atoms with Crippen LogP contribution in [0, 0.1) is 12.3 Å². The van der Waals surface area contributed by atoms with Gasteiger partial charge in [0, 0.05) is 11.1 Å². The van der Waals surface area contributed by atoms with Gasteiger partial charge in [0.15, 0.2) is 10.8 Å². The van der Waals surface area contributed by atoms with Crippen molar-refractivity contribution >= 4 is 51.9 Å². The van der Waals surface area contributed by atoms with Crippen molar-refractivity contribution < 1.29 is 29.1 Å². The molecule has 2 aliphatic rings. The van der Waals surface area contributed by atoms with Crippen molar-refractivity contribution in [3.63, 3.8) is 0 Å². The smallest absolute Gasteiger partial charge is 0.449 e. The van der Waals surface area contributed by atoms with Crippen LogP contribution < -0.4 is 11.1 Å². The van der Waals surface area contributed by atoms with E-state index in [1.807, 2.05) is 0 Å². The summed E-state index contributed by atoms with van der Waals surface area (Å²) in [4.78, 5) is 45.8. The third-order valence-corrected chi connectivity index (χ3v) is 5.68. The second-order valence-corrected chi connectivity index (χ2v) is 7.35. The number of terminal acetylenes is 1. The maximum Gasteiger partial charge on any atom is 0.512 e. The zero-order valence-corrected chi connectivity index (χ0v) is 15.9. The summed E-state index contributed by atoms with van der Waals surface area (Å²) in [7, 11) is 1.26. The number of hydrogen-bond acceptors (Lipinski definition) is 10. The second-order valence-electron chi connectivity index (χ2n) is 5.35. The molecular weight excluding hydrogens is 410 g/mol. The number of oxime groups is 1. The highest BCUT2D eigenvalue weighted by atomic mass is 32.2. The minimum absolute atomic E-state index is 0.149. The van der Waals surface area contributed by atoms with Gasteiger partial charge in [0.2, 0.25) is 5.88 Å². The number of rotatable bonds is 5. The van der Waals surface area contributed by atoms with Crippen LogP contribution in [0.5, 0.6) is 0 Å². The SMILES string of the molecule is C#CC1=C(OC(=O)O)N2C(=O)C(NC(=O)C(=NOC)c3csc(N)n3)[C@@H]2SC1. The zero-order valence-electron chi connectivity index (χ0n) is 14.2. The highest BCUT2D eigenvalue weighted by molar-refractivity contribution is 8.00. The van der Waals surface area contributed by atoms with Crippen LogP contribution in [-0.2, 0) is 19.2 Å². The van der Waals surface area contributed by atoms with Crippen molar-refractivity contribution in [3.8, 4) is 12.3 Å². The lowest BCUT2D eigenvalue weighted by molar-refractivity contribution is -0.148. The van der Waals surface area contributed by atoms with Crippen LogP contribution in [0.2, 0.25) is 0 Å². The van der Waals surface area contributed by atoms with Gasteiger partial charge in [-0.15, -0.1) is 29.5 Å². The Balaban J connectivity index is 1.78. The molecule has 28 heavy (non-hydrogen) atoms. The molecule has 0 saturated carbocycles. The summed E-state index contributed by atoms with van der Waals surface area (Å²) in [5.74, 6) is 1.09. The molecule has 13 heteroatoms. The third-order valence-electron chi connectivity index (χ3n) is 3.73. The van der Waals surface area contributed by atoms with Crippen LogP contribution >= 0.6 is 23.1 Å². The number of nitrogens with two attached hydrogens (primary N) is 1. The molecule has 0 spiro atoms. The van der Waals surface area contributed by atoms with E-state index in [1.165, 1.54) is 24.3 Å². The number of nitrogen functional groups attached to an aromatic ring is 1. The van der Waals surface area contributed by atoms with Gasteiger partial charge < -0.3 is 25.7 Å². The standard InChI is InChI=1S/C15H13N5O6S2/c1-3-6-4-27-13-9(11(22)20(13)12(6)26-15(23)24)18-10(21)8(19-25-2)7-5-28-14(16)17-7/h1,5,9,13H,4H2,2H3,(H2,16,17)(H,18,21)(H,23,24)/t9?,13-/m0/s1. The van der Waals surface area contributed by atoms with Crippen LogP contribution in [-0.4, -0.2) is 63.0 Å². The molecule has 4 N–H and O–H groups in total. The number of hydrogen-bond donors (Lipinski definition) is 3. The number of fused-ring (bicyclic) bond motifs is 1. The molecule has 1 aromatic heterocycles. The summed E-state index contributed by atoms with van der Waals surface area (Å²) in [6.07, 6.45) is 3.76. The van der Waals surface area contributed by atoms with E-state index < -0.39 is 29.4 Å². The monoisotopic (exact) mass is 423 g/mol. The number of nitrogens with one attached hydrogen (secondary N) is 1. The van der Waals surface area contributed by atoms with Gasteiger partial charge >= 0.3 is 6.16 Å². The Hall–Kier alpha value is -3.24. The van der Waals surface area contributed by atoms with E-state index in [-0.39, 0.29) is 33.7 Å². The number of carbonyl (C=O) groups excluding carboxylic acids is 2. The van der Waals surface area contributed by atoms with Gasteiger partial charge in [0.1, 0.15) is 24.2 Å². The quantitative estimate of drug-likeness (QED) is 0.195. The first-order chi connectivity index (χ1) is 13.4. The Morgan fingerprint density at radius 2 is 2.32 bits per heavy atom. The van der Waals surface area contributed by atoms with Crippen molar-refractivity contribution in [1.82, 2.24) is 15.2 Å². The predicted molar refractivity (Wildman–Crippen MR) is 100 cm³/mol. The number of aromatic nitrogens is 1. The molecule has 0 aliphatic carbocycles. The number of ether oxygens (including phenoxy) is 1. The van der Waals surface area contributed by atoms with Gasteiger partial charge in [-0.1, -0.05) is 11.1 Å². The second kappa shape index (κ2) is 7.79. The van der Waals surface area contributed by atoms with Crippen molar-refractivity contribution in [2.24, 2.45) is 5.16 Å². The maximum absolute atomic E-state index is 12.6. The van der Waals surface area contributed by atoms with E-state index >= 15 is 0 Å². The van der Waals surface area contributed by atoms with Crippen LogP contribution in [0.4, 0.5) is 9.93 Å². The molecule has 1 saturated heterocycles. The molecule has 2 aliphatic heterocycles. The van der Waals surface area contributed by atoms with Crippen molar-refractivity contribution in [2.45, 2.75) is 11.4 Å². The summed E-state index contributed by atoms with van der Waals surface area (Å²) < 4.78 is 4.68. The highest BCUT2D eigenvalue weighted by Gasteiger charge is 2.54. The van der Waals surface area contributed by atoms with Crippen molar-refractivity contribution in [3.05, 3.63) is 22.5 Å². The van der Waals surface area contributed by atoms with Gasteiger partial charge in [-0.25, -0.2) is 9.78 Å². The fourth-order valence-corrected chi connectivity index (χ4v) is 4.38. The minimum Gasteiger partial charge on any atom is -0.449 e. The van der Waals surface area contributed by atoms with Crippen LogP contribution in [0.25, 0.3) is 0 Å². The Bertz CT molecular complexity index is 949. The molecule has 11 nitrogen and oxygen atoms in total. The van der Waals surface area contributed by atoms with E-state index in [0.29, 0.717) is 0 Å². The number of thioether (sulfide) groups is 1. The van der Waals surface area contributed by atoms with Gasteiger partial charge in [0.25, 0.3) is 11.8 Å². The third kappa shape index (κ3) is 3.47. The lowest BCUT2D eigenvalue weighted by Crippen LogP contribution is -2.70. The Kier molecular flexibility index (Phi) is 5.43. The first kappa shape index (κ1) is 19.5. The Morgan fingerprint density at radius 1 is 1.57 bits per heavy atom. The average molecular weight is 423 g/mol. The topological polar surface area (TPSA) is 156 Å². The van der Waals surface area contributed by atoms with Crippen LogP contribution in [0.15, 0.2) is 22.0 Å². The number of anilines is 1. The van der Waals surface area contributed by atoms with E-state index in [1.54, 1.807) is 0 Å². The summed E-state index contributed by atoms with van der Waals surface area (Å²) in [6.45, 7) is 0. The molecule has 0 bridgehead atoms. The average Bonchev–Trinajstić information content (AvgIpc) is 3.08. The number of nitrogens with zero attached hydrogens (tertiary/aromatic N) is 3. The van der Waals surface area contributed by atoms with E-state index in [4.69, 9.17) is 17.3 Å². The molecule has 3 rings (SSSR count). The van der Waals surface area contributed by atoms with Gasteiger partial charge in [-0.3, -0.25) is 14.5 Å². The number of β-lactam (4-membered cyclic amide) rings is 1. The minimum atomic E-state index is -1.59. The Morgan fingerprint density at radius 3 is 2.89 bits per heavy atom. The normalized spacial score (nSPS) is 21.4. The number of carbonyl (C=O) groups is 3. The van der Waals surface area contributed by atoms with E-state index in [9.17, 15) is 14.4 Å². The summed E-state index contributed by atoms with van der Waals surface area (Å²) >= 11 is 2.38. The summed E-state index contributed by atoms with van der Waals surface area (Å²) in [6, 6.07) is -0.928. The largest absolute Gasteiger partial charge is 0.512 e. The molecule has 146 valence electrons. The Labute approximate surface area is 166 Å². The zero-order chi connectivity index (χ0) is 20.4. The predicted octanol–water partition coefficient (Wildman–Crippen LogP) is 0.0151. The lowest BCUT2D eigenvalue weighted by atomic mass is 10.1. The number of amides is 2. The molecule has 1 fully saturated rings. The maximum atomic E-state index is 12.6. The molecule has 0 aromatic carbocycles. The van der Waals surface area contributed by atoms with Gasteiger partial charge in [-0.2, -0.15) is 0 Å². The van der Waals surface area contributed by atoms with Gasteiger partial charge in [0.05, 0.1) is 5.57 Å². The summed E-state index contributed by atoms with van der Waals surface area (Å²) in [5, 5.41) is 16.3. The molecule has 2 atom stereocenters. The number of thiazole rings is 1. The highest BCUT2D eigenvalue weighted by Crippen LogP contribution is 2.40.